The van der Waals surface area contributed by atoms with Crippen molar-refractivity contribution in [3.63, 3.8) is 0 Å². The van der Waals surface area contributed by atoms with E-state index in [-0.39, 0.29) is 0 Å². The normalized spacial score (nSPS) is 11.9. The molecule has 5 rings (SSSR count). The Kier molecular flexibility index (Phi) is 2.18. The highest BCUT2D eigenvalue weighted by atomic mass is 15.0. The fourth-order valence-corrected chi connectivity index (χ4v) is 3.42. The minimum atomic E-state index is 1.04. The number of aromatic nitrogens is 2. The molecule has 104 valence electrons. The van der Waals surface area contributed by atoms with Crippen LogP contribution in [0.25, 0.3) is 38.4 Å². The average Bonchev–Trinajstić information content (AvgIpc) is 2.95. The standard InChI is InChI=1S/C20H14N2/c1-13-10-11-14-15-6-2-4-8-18(15)22-19-9-5-3-7-17(19)21-20(22)16(14)12-13/h2-12H,1H3. The molecule has 2 heterocycles. The number of fused-ring (bicyclic) bond motifs is 8. The van der Waals surface area contributed by atoms with Crippen molar-refractivity contribution in [2.75, 3.05) is 0 Å². The van der Waals surface area contributed by atoms with E-state index in [9.17, 15) is 0 Å². The number of benzene rings is 3. The summed E-state index contributed by atoms with van der Waals surface area (Å²) < 4.78 is 2.28. The van der Waals surface area contributed by atoms with Crippen LogP contribution in [0, 0.1) is 6.92 Å². The highest BCUT2D eigenvalue weighted by Gasteiger charge is 2.12. The zero-order chi connectivity index (χ0) is 14.7. The summed E-state index contributed by atoms with van der Waals surface area (Å²) in [5.74, 6) is 0. The summed E-state index contributed by atoms with van der Waals surface area (Å²) in [7, 11) is 0. The highest BCUT2D eigenvalue weighted by Crippen LogP contribution is 2.32. The Labute approximate surface area is 127 Å². The fraction of sp³-hybridized carbons (Fsp3) is 0.0500. The van der Waals surface area contributed by atoms with Crippen LogP contribution in [-0.4, -0.2) is 9.38 Å². The first-order valence-electron chi connectivity index (χ1n) is 7.51. The molecule has 0 bridgehead atoms. The van der Waals surface area contributed by atoms with Crippen molar-refractivity contribution >= 4 is 38.4 Å². The summed E-state index contributed by atoms with van der Waals surface area (Å²) in [4.78, 5) is 4.90. The van der Waals surface area contributed by atoms with E-state index >= 15 is 0 Å². The van der Waals surface area contributed by atoms with E-state index in [0.29, 0.717) is 0 Å². The molecule has 0 fully saturated rings. The molecule has 0 aliphatic rings. The van der Waals surface area contributed by atoms with Crippen LogP contribution < -0.4 is 0 Å². The van der Waals surface area contributed by atoms with Gasteiger partial charge in [-0.2, -0.15) is 0 Å². The molecule has 0 saturated heterocycles. The van der Waals surface area contributed by atoms with E-state index in [1.165, 1.54) is 27.2 Å². The smallest absolute Gasteiger partial charge is 0.146 e. The molecular formula is C20H14N2. The molecular weight excluding hydrogens is 268 g/mol. The Hall–Kier alpha value is -2.87. The molecule has 0 saturated carbocycles. The van der Waals surface area contributed by atoms with Gasteiger partial charge in [-0.3, -0.25) is 4.40 Å². The van der Waals surface area contributed by atoms with Crippen LogP contribution in [0.2, 0.25) is 0 Å². The maximum absolute atomic E-state index is 4.90. The molecule has 2 nitrogen and oxygen atoms in total. The lowest BCUT2D eigenvalue weighted by molar-refractivity contribution is 1.31. The lowest BCUT2D eigenvalue weighted by Crippen LogP contribution is -1.91. The van der Waals surface area contributed by atoms with Gasteiger partial charge in [-0.15, -0.1) is 0 Å². The minimum absolute atomic E-state index is 1.04. The van der Waals surface area contributed by atoms with E-state index in [4.69, 9.17) is 4.98 Å². The van der Waals surface area contributed by atoms with E-state index in [0.717, 1.165) is 16.7 Å². The molecule has 0 aliphatic carbocycles. The van der Waals surface area contributed by atoms with E-state index in [2.05, 4.69) is 72.0 Å². The fourth-order valence-electron chi connectivity index (χ4n) is 3.42. The molecule has 0 unspecified atom stereocenters. The maximum Gasteiger partial charge on any atom is 0.146 e. The number of rotatable bonds is 0. The molecule has 0 N–H and O–H groups in total. The van der Waals surface area contributed by atoms with Crippen molar-refractivity contribution in [1.29, 1.82) is 0 Å². The third-order valence-corrected chi connectivity index (χ3v) is 4.41. The molecule has 2 aromatic heterocycles. The first-order chi connectivity index (χ1) is 10.8. The third-order valence-electron chi connectivity index (χ3n) is 4.41. The van der Waals surface area contributed by atoms with Gasteiger partial charge in [0, 0.05) is 10.8 Å². The zero-order valence-electron chi connectivity index (χ0n) is 12.2. The highest BCUT2D eigenvalue weighted by molar-refractivity contribution is 6.13. The predicted octanol–water partition coefficient (Wildman–Crippen LogP) is 5.10. The number of hydrogen-bond donors (Lipinski definition) is 0. The number of pyridine rings is 1. The summed E-state index contributed by atoms with van der Waals surface area (Å²) in [6, 6.07) is 23.5. The second-order valence-electron chi connectivity index (χ2n) is 5.83. The van der Waals surface area contributed by atoms with Crippen LogP contribution in [0.15, 0.2) is 66.7 Å². The number of aryl methyl sites for hydroxylation is 1. The first kappa shape index (κ1) is 11.8. The number of hydrogen-bond acceptors (Lipinski definition) is 1. The second-order valence-corrected chi connectivity index (χ2v) is 5.83. The third kappa shape index (κ3) is 1.41. The van der Waals surface area contributed by atoms with Crippen molar-refractivity contribution in [3.8, 4) is 0 Å². The minimum Gasteiger partial charge on any atom is -0.292 e. The lowest BCUT2D eigenvalue weighted by Gasteiger charge is -2.09. The quantitative estimate of drug-likeness (QED) is 0.361. The second kappa shape index (κ2) is 4.08. The van der Waals surface area contributed by atoms with Gasteiger partial charge in [0.15, 0.2) is 0 Å². The van der Waals surface area contributed by atoms with Crippen molar-refractivity contribution < 1.29 is 0 Å². The van der Waals surface area contributed by atoms with Crippen molar-refractivity contribution in [2.45, 2.75) is 6.92 Å². The first-order valence-corrected chi connectivity index (χ1v) is 7.51. The van der Waals surface area contributed by atoms with E-state index in [1.54, 1.807) is 0 Å². The summed E-state index contributed by atoms with van der Waals surface area (Å²) in [5, 5.41) is 3.76. The summed E-state index contributed by atoms with van der Waals surface area (Å²) >= 11 is 0. The summed E-state index contributed by atoms with van der Waals surface area (Å²) in [6.07, 6.45) is 0. The van der Waals surface area contributed by atoms with Gasteiger partial charge in [0.1, 0.15) is 5.65 Å². The number of nitrogens with zero attached hydrogens (tertiary/aromatic N) is 2. The van der Waals surface area contributed by atoms with E-state index in [1.807, 2.05) is 6.07 Å². The Morgan fingerprint density at radius 3 is 2.41 bits per heavy atom. The van der Waals surface area contributed by atoms with Crippen LogP contribution in [-0.2, 0) is 0 Å². The zero-order valence-corrected chi connectivity index (χ0v) is 12.2. The van der Waals surface area contributed by atoms with E-state index < -0.39 is 0 Å². The lowest BCUT2D eigenvalue weighted by atomic mass is 10.0. The van der Waals surface area contributed by atoms with Crippen LogP contribution in [0.3, 0.4) is 0 Å². The monoisotopic (exact) mass is 282 g/mol. The van der Waals surface area contributed by atoms with Crippen molar-refractivity contribution in [1.82, 2.24) is 9.38 Å². The SMILES string of the molecule is Cc1ccc2c3ccccc3n3c4ccccc4nc3c2c1. The Morgan fingerprint density at radius 1 is 0.727 bits per heavy atom. The Balaban J connectivity index is 2.23. The van der Waals surface area contributed by atoms with Crippen molar-refractivity contribution in [3.05, 3.63) is 72.3 Å². The molecule has 0 radical (unpaired) electrons. The van der Waals surface area contributed by atoms with Crippen LogP contribution in [0.4, 0.5) is 0 Å². The van der Waals surface area contributed by atoms with Crippen molar-refractivity contribution in [2.24, 2.45) is 0 Å². The topological polar surface area (TPSA) is 17.3 Å². The van der Waals surface area contributed by atoms with Crippen LogP contribution >= 0.6 is 0 Å². The molecule has 0 aliphatic heterocycles. The van der Waals surface area contributed by atoms with Gasteiger partial charge in [-0.05, 0) is 36.6 Å². The van der Waals surface area contributed by atoms with Gasteiger partial charge in [0.25, 0.3) is 0 Å². The molecule has 2 heteroatoms. The molecule has 3 aromatic carbocycles. The molecule has 0 spiro atoms. The number of para-hydroxylation sites is 3. The van der Waals surface area contributed by atoms with Crippen LogP contribution in [0.1, 0.15) is 5.56 Å². The van der Waals surface area contributed by atoms with Gasteiger partial charge in [-0.25, -0.2) is 4.98 Å². The summed E-state index contributed by atoms with van der Waals surface area (Å²) in [5.41, 5.74) is 5.72. The van der Waals surface area contributed by atoms with Gasteiger partial charge in [0.05, 0.1) is 16.6 Å². The molecule has 5 aromatic rings. The van der Waals surface area contributed by atoms with Gasteiger partial charge in [-0.1, -0.05) is 48.0 Å². The molecule has 0 atom stereocenters. The molecule has 22 heavy (non-hydrogen) atoms. The maximum atomic E-state index is 4.90. The predicted molar refractivity (Wildman–Crippen MR) is 92.4 cm³/mol. The molecule has 0 amide bonds. The van der Waals surface area contributed by atoms with Crippen LogP contribution in [0.5, 0.6) is 0 Å². The number of imidazole rings is 1. The largest absolute Gasteiger partial charge is 0.292 e. The Morgan fingerprint density at radius 2 is 1.50 bits per heavy atom. The van der Waals surface area contributed by atoms with Gasteiger partial charge >= 0.3 is 0 Å². The van der Waals surface area contributed by atoms with Gasteiger partial charge in [0.2, 0.25) is 0 Å². The van der Waals surface area contributed by atoms with Gasteiger partial charge < -0.3 is 0 Å². The summed E-state index contributed by atoms with van der Waals surface area (Å²) in [6.45, 7) is 2.13. The Bertz CT molecular complexity index is 1180. The average molecular weight is 282 g/mol.